The minimum absolute atomic E-state index is 0.123. The van der Waals surface area contributed by atoms with Crippen molar-refractivity contribution in [3.05, 3.63) is 0 Å². The smallest absolute Gasteiger partial charge is 0.106 e. The highest BCUT2D eigenvalue weighted by molar-refractivity contribution is 7.99. The van der Waals surface area contributed by atoms with E-state index in [0.29, 0.717) is 25.0 Å². The Hall–Kier alpha value is 0.790. The van der Waals surface area contributed by atoms with Gasteiger partial charge in [0.1, 0.15) is 12.3 Å². The molecule has 0 heterocycles. The standard InChI is InChI=1S/C14H22Cl2F2S/c15-11-3-1-4-12(16)9(11)7-19-8-10-13(17)5-2-6-14(10)18/h9-14H,1-8H2. The van der Waals surface area contributed by atoms with Crippen LogP contribution in [0.5, 0.6) is 0 Å². The molecule has 0 spiro atoms. The molecular formula is C14H22Cl2F2S. The van der Waals surface area contributed by atoms with E-state index in [1.165, 1.54) is 0 Å². The third kappa shape index (κ3) is 4.38. The van der Waals surface area contributed by atoms with Gasteiger partial charge < -0.3 is 0 Å². The molecule has 0 N–H and O–H groups in total. The Morgan fingerprint density at radius 1 is 0.789 bits per heavy atom. The van der Waals surface area contributed by atoms with Crippen LogP contribution in [-0.2, 0) is 0 Å². The second-order valence-corrected chi connectivity index (χ2v) is 7.99. The van der Waals surface area contributed by atoms with Crippen LogP contribution >= 0.6 is 35.0 Å². The van der Waals surface area contributed by atoms with Crippen LogP contribution in [0.4, 0.5) is 8.78 Å². The van der Waals surface area contributed by atoms with Crippen LogP contribution in [0.15, 0.2) is 0 Å². The van der Waals surface area contributed by atoms with Gasteiger partial charge in [0.05, 0.1) is 0 Å². The zero-order valence-corrected chi connectivity index (χ0v) is 13.4. The molecule has 0 aromatic rings. The lowest BCUT2D eigenvalue weighted by Crippen LogP contribution is -2.34. The molecule has 0 aromatic heterocycles. The fraction of sp³-hybridized carbons (Fsp3) is 1.00. The van der Waals surface area contributed by atoms with E-state index in [1.807, 2.05) is 0 Å². The maximum absolute atomic E-state index is 13.7. The fourth-order valence-corrected chi connectivity index (χ4v) is 5.77. The first kappa shape index (κ1) is 16.2. The van der Waals surface area contributed by atoms with Crippen molar-refractivity contribution in [2.24, 2.45) is 11.8 Å². The van der Waals surface area contributed by atoms with Gasteiger partial charge in [-0.3, -0.25) is 0 Å². The van der Waals surface area contributed by atoms with Gasteiger partial charge in [0, 0.05) is 28.3 Å². The third-order valence-electron chi connectivity index (χ3n) is 4.40. The van der Waals surface area contributed by atoms with Crippen molar-refractivity contribution in [3.8, 4) is 0 Å². The summed E-state index contributed by atoms with van der Waals surface area (Å²) in [5.74, 6) is 1.25. The Bertz CT molecular complexity index is 234. The minimum atomic E-state index is -0.971. The summed E-state index contributed by atoms with van der Waals surface area (Å²) in [7, 11) is 0. The number of hydrogen-bond donors (Lipinski definition) is 0. The van der Waals surface area contributed by atoms with E-state index >= 15 is 0 Å². The normalized spacial score (nSPS) is 44.2. The fourth-order valence-electron chi connectivity index (χ4n) is 3.08. The Morgan fingerprint density at radius 2 is 1.26 bits per heavy atom. The summed E-state index contributed by atoms with van der Waals surface area (Å²) in [5, 5.41) is 0.245. The average Bonchev–Trinajstić information content (AvgIpc) is 2.36. The number of halogens is 4. The number of rotatable bonds is 4. The van der Waals surface area contributed by atoms with E-state index in [2.05, 4.69) is 0 Å². The molecule has 0 aliphatic heterocycles. The molecule has 0 bridgehead atoms. The zero-order valence-electron chi connectivity index (χ0n) is 11.0. The number of alkyl halides is 4. The van der Waals surface area contributed by atoms with Crippen molar-refractivity contribution in [2.45, 2.75) is 61.6 Å². The second kappa shape index (κ2) is 7.70. The van der Waals surface area contributed by atoms with Crippen LogP contribution in [-0.4, -0.2) is 34.6 Å². The molecule has 2 rings (SSSR count). The van der Waals surface area contributed by atoms with Gasteiger partial charge in [-0.1, -0.05) is 6.42 Å². The molecule has 0 aromatic carbocycles. The van der Waals surface area contributed by atoms with Gasteiger partial charge in [-0.15, -0.1) is 23.2 Å². The lowest BCUT2D eigenvalue weighted by Gasteiger charge is -2.33. The van der Waals surface area contributed by atoms with Crippen LogP contribution in [0.1, 0.15) is 38.5 Å². The van der Waals surface area contributed by atoms with Crippen molar-refractivity contribution in [1.82, 2.24) is 0 Å². The van der Waals surface area contributed by atoms with Crippen LogP contribution in [0.25, 0.3) is 0 Å². The van der Waals surface area contributed by atoms with Crippen LogP contribution in [0.3, 0.4) is 0 Å². The highest BCUT2D eigenvalue weighted by Crippen LogP contribution is 2.37. The van der Waals surface area contributed by atoms with Crippen LogP contribution in [0.2, 0.25) is 0 Å². The molecule has 112 valence electrons. The summed E-state index contributed by atoms with van der Waals surface area (Å²) < 4.78 is 27.4. The molecule has 0 saturated heterocycles. The lowest BCUT2D eigenvalue weighted by atomic mass is 9.87. The van der Waals surface area contributed by atoms with E-state index in [4.69, 9.17) is 23.2 Å². The van der Waals surface area contributed by atoms with Crippen LogP contribution < -0.4 is 0 Å². The summed E-state index contributed by atoms with van der Waals surface area (Å²) in [6.07, 6.45) is 2.89. The van der Waals surface area contributed by atoms with Crippen molar-refractivity contribution < 1.29 is 8.78 Å². The first-order valence-electron chi connectivity index (χ1n) is 7.23. The Balaban J connectivity index is 1.75. The van der Waals surface area contributed by atoms with E-state index in [-0.39, 0.29) is 16.7 Å². The van der Waals surface area contributed by atoms with Gasteiger partial charge in [0.2, 0.25) is 0 Å². The summed E-state index contributed by atoms with van der Waals surface area (Å²) >= 11 is 14.3. The number of hydrogen-bond acceptors (Lipinski definition) is 1. The molecule has 2 saturated carbocycles. The first-order chi connectivity index (χ1) is 9.09. The summed E-state index contributed by atoms with van der Waals surface area (Å²) in [4.78, 5) is 0. The Morgan fingerprint density at radius 3 is 1.84 bits per heavy atom. The molecule has 2 aliphatic carbocycles. The van der Waals surface area contributed by atoms with Crippen molar-refractivity contribution in [3.63, 3.8) is 0 Å². The van der Waals surface area contributed by atoms with E-state index in [1.54, 1.807) is 11.8 Å². The van der Waals surface area contributed by atoms with E-state index in [0.717, 1.165) is 25.0 Å². The highest BCUT2D eigenvalue weighted by atomic mass is 35.5. The summed E-state index contributed by atoms with van der Waals surface area (Å²) in [5.41, 5.74) is 0. The van der Waals surface area contributed by atoms with Gasteiger partial charge in [-0.2, -0.15) is 11.8 Å². The molecular weight excluding hydrogens is 309 g/mol. The second-order valence-electron chi connectivity index (χ2n) is 5.79. The van der Waals surface area contributed by atoms with Gasteiger partial charge in [0.15, 0.2) is 0 Å². The summed E-state index contributed by atoms with van der Waals surface area (Å²) in [6, 6.07) is 0. The lowest BCUT2D eigenvalue weighted by molar-refractivity contribution is 0.0913. The summed E-state index contributed by atoms with van der Waals surface area (Å²) in [6.45, 7) is 0. The maximum atomic E-state index is 13.7. The average molecular weight is 331 g/mol. The minimum Gasteiger partial charge on any atom is -0.247 e. The van der Waals surface area contributed by atoms with E-state index in [9.17, 15) is 8.78 Å². The Labute approximate surface area is 129 Å². The van der Waals surface area contributed by atoms with Gasteiger partial charge in [-0.05, 0) is 37.9 Å². The zero-order chi connectivity index (χ0) is 13.8. The van der Waals surface area contributed by atoms with Crippen molar-refractivity contribution in [2.75, 3.05) is 11.5 Å². The van der Waals surface area contributed by atoms with Crippen molar-refractivity contribution >= 4 is 35.0 Å². The largest absolute Gasteiger partial charge is 0.247 e. The maximum Gasteiger partial charge on any atom is 0.106 e. The molecule has 2 aliphatic rings. The topological polar surface area (TPSA) is 0 Å². The van der Waals surface area contributed by atoms with E-state index < -0.39 is 18.3 Å². The van der Waals surface area contributed by atoms with Crippen LogP contribution in [0, 0.1) is 11.8 Å². The number of thioether (sulfide) groups is 1. The predicted octanol–water partition coefficient (Wildman–Crippen LogP) is 5.21. The molecule has 4 atom stereocenters. The predicted molar refractivity (Wildman–Crippen MR) is 81.1 cm³/mol. The van der Waals surface area contributed by atoms with Gasteiger partial charge >= 0.3 is 0 Å². The molecule has 2 fully saturated rings. The first-order valence-corrected chi connectivity index (χ1v) is 9.26. The molecule has 0 radical (unpaired) electrons. The molecule has 0 amide bonds. The van der Waals surface area contributed by atoms with Gasteiger partial charge in [0.25, 0.3) is 0 Å². The molecule has 0 nitrogen and oxygen atoms in total. The Kier molecular flexibility index (Phi) is 6.55. The SMILES string of the molecule is FC1CCCC(F)C1CSCC1C(Cl)CCCC1Cl. The molecule has 19 heavy (non-hydrogen) atoms. The molecule has 4 unspecified atom stereocenters. The van der Waals surface area contributed by atoms with Gasteiger partial charge in [-0.25, -0.2) is 8.78 Å². The quantitative estimate of drug-likeness (QED) is 0.637. The highest BCUT2D eigenvalue weighted by Gasteiger charge is 2.35. The molecule has 5 heteroatoms. The van der Waals surface area contributed by atoms with Crippen molar-refractivity contribution in [1.29, 1.82) is 0 Å². The monoisotopic (exact) mass is 330 g/mol. The third-order valence-corrected chi connectivity index (χ3v) is 6.72.